The van der Waals surface area contributed by atoms with Gasteiger partial charge in [-0.1, -0.05) is 13.8 Å². The molecule has 1 aliphatic carbocycles. The smallest absolute Gasteiger partial charge is 0.00940 e. The van der Waals surface area contributed by atoms with Gasteiger partial charge >= 0.3 is 0 Å². The van der Waals surface area contributed by atoms with Crippen molar-refractivity contribution in [3.63, 3.8) is 0 Å². The zero-order valence-electron chi connectivity index (χ0n) is 12.1. The minimum atomic E-state index is 0.580. The van der Waals surface area contributed by atoms with Crippen molar-refractivity contribution >= 4 is 0 Å². The molecule has 0 bridgehead atoms. The molecule has 1 saturated heterocycles. The number of rotatable bonds is 3. The van der Waals surface area contributed by atoms with Gasteiger partial charge < -0.3 is 10.2 Å². The lowest BCUT2D eigenvalue weighted by Gasteiger charge is -2.36. The molecule has 1 unspecified atom stereocenters. The van der Waals surface area contributed by atoms with Crippen molar-refractivity contribution in [2.24, 2.45) is 5.41 Å². The molecule has 1 heterocycles. The summed E-state index contributed by atoms with van der Waals surface area (Å²) in [5.41, 5.74) is 0.580. The van der Waals surface area contributed by atoms with Crippen LogP contribution in [0.5, 0.6) is 0 Å². The lowest BCUT2D eigenvalue weighted by atomic mass is 9.91. The minimum absolute atomic E-state index is 0.580. The van der Waals surface area contributed by atoms with E-state index in [1.165, 1.54) is 45.2 Å². The molecule has 0 amide bonds. The molecular weight excluding hydrogens is 208 g/mol. The van der Waals surface area contributed by atoms with Gasteiger partial charge in [0.05, 0.1) is 0 Å². The first-order valence-electron chi connectivity index (χ1n) is 7.46. The monoisotopic (exact) mass is 238 g/mol. The molecule has 2 fully saturated rings. The summed E-state index contributed by atoms with van der Waals surface area (Å²) in [6.07, 6.45) is 6.84. The Bertz CT molecular complexity index is 239. The van der Waals surface area contributed by atoms with Crippen molar-refractivity contribution in [1.29, 1.82) is 0 Å². The summed E-state index contributed by atoms with van der Waals surface area (Å²) in [5.74, 6) is 0. The summed E-state index contributed by atoms with van der Waals surface area (Å²) >= 11 is 0. The topological polar surface area (TPSA) is 15.3 Å². The van der Waals surface area contributed by atoms with Crippen molar-refractivity contribution < 1.29 is 0 Å². The van der Waals surface area contributed by atoms with Crippen molar-refractivity contribution in [2.45, 2.75) is 77.9 Å². The molecule has 2 aliphatic rings. The third kappa shape index (κ3) is 3.69. The number of piperidine rings is 1. The highest BCUT2D eigenvalue weighted by atomic mass is 15.2. The van der Waals surface area contributed by atoms with Crippen LogP contribution in [0.3, 0.4) is 0 Å². The summed E-state index contributed by atoms with van der Waals surface area (Å²) < 4.78 is 0. The zero-order valence-corrected chi connectivity index (χ0v) is 12.1. The predicted octanol–water partition coefficient (Wildman–Crippen LogP) is 3.03. The molecule has 1 N–H and O–H groups in total. The maximum atomic E-state index is 3.91. The highest BCUT2D eigenvalue weighted by Crippen LogP contribution is 2.37. The van der Waals surface area contributed by atoms with Crippen LogP contribution in [-0.2, 0) is 0 Å². The first-order valence-corrected chi connectivity index (χ1v) is 7.46. The fraction of sp³-hybridized carbons (Fsp3) is 1.00. The Hall–Kier alpha value is -0.0800. The number of hydrogen-bond donors (Lipinski definition) is 1. The molecule has 2 heteroatoms. The van der Waals surface area contributed by atoms with Crippen molar-refractivity contribution in [1.82, 2.24) is 10.2 Å². The minimum Gasteiger partial charge on any atom is -0.311 e. The van der Waals surface area contributed by atoms with Gasteiger partial charge in [0, 0.05) is 18.1 Å². The third-order valence-electron chi connectivity index (χ3n) is 4.70. The van der Waals surface area contributed by atoms with Crippen molar-refractivity contribution in [2.75, 3.05) is 13.1 Å². The maximum Gasteiger partial charge on any atom is 0.00940 e. The predicted molar refractivity (Wildman–Crippen MR) is 74.3 cm³/mol. The van der Waals surface area contributed by atoms with Crippen LogP contribution in [0, 0.1) is 5.41 Å². The van der Waals surface area contributed by atoms with E-state index in [0.717, 1.165) is 18.1 Å². The summed E-state index contributed by atoms with van der Waals surface area (Å²) in [6, 6.07) is 2.30. The van der Waals surface area contributed by atoms with Gasteiger partial charge in [-0.05, 0) is 64.5 Å². The van der Waals surface area contributed by atoms with Crippen LogP contribution in [0.1, 0.15) is 59.8 Å². The Morgan fingerprint density at radius 3 is 2.18 bits per heavy atom. The summed E-state index contributed by atoms with van der Waals surface area (Å²) in [5, 5.41) is 3.91. The largest absolute Gasteiger partial charge is 0.311 e. The third-order valence-corrected chi connectivity index (χ3v) is 4.70. The van der Waals surface area contributed by atoms with Gasteiger partial charge in [0.2, 0.25) is 0 Å². The fourth-order valence-corrected chi connectivity index (χ4v) is 3.49. The Balaban J connectivity index is 1.72. The molecule has 0 radical (unpaired) electrons. The normalized spacial score (nSPS) is 31.2. The van der Waals surface area contributed by atoms with E-state index in [1.807, 2.05) is 0 Å². The van der Waals surface area contributed by atoms with Gasteiger partial charge in [-0.3, -0.25) is 0 Å². The molecule has 1 saturated carbocycles. The van der Waals surface area contributed by atoms with E-state index >= 15 is 0 Å². The second-order valence-corrected chi connectivity index (χ2v) is 7.17. The molecule has 0 aromatic heterocycles. The van der Waals surface area contributed by atoms with Gasteiger partial charge in [-0.15, -0.1) is 0 Å². The fourth-order valence-electron chi connectivity index (χ4n) is 3.49. The Morgan fingerprint density at radius 1 is 1.06 bits per heavy atom. The Kier molecular flexibility index (Phi) is 4.14. The maximum absolute atomic E-state index is 3.91. The van der Waals surface area contributed by atoms with Crippen LogP contribution >= 0.6 is 0 Å². The number of hydrogen-bond acceptors (Lipinski definition) is 2. The number of likely N-dealkylation sites (tertiary alicyclic amines) is 1. The lowest BCUT2D eigenvalue weighted by Crippen LogP contribution is -2.47. The van der Waals surface area contributed by atoms with E-state index in [9.17, 15) is 0 Å². The number of nitrogens with zero attached hydrogens (tertiary/aromatic N) is 1. The Labute approximate surface area is 107 Å². The molecular formula is C15H30N2. The first-order chi connectivity index (χ1) is 7.96. The van der Waals surface area contributed by atoms with Crippen molar-refractivity contribution in [3.05, 3.63) is 0 Å². The van der Waals surface area contributed by atoms with Gasteiger partial charge in [-0.2, -0.15) is 0 Å². The SMILES string of the molecule is CC(C)N1CCC(NC2CCC(C)(C)C2)CC1. The van der Waals surface area contributed by atoms with Gasteiger partial charge in [0.25, 0.3) is 0 Å². The van der Waals surface area contributed by atoms with Crippen LogP contribution < -0.4 is 5.32 Å². The average molecular weight is 238 g/mol. The van der Waals surface area contributed by atoms with Gasteiger partial charge in [0.1, 0.15) is 0 Å². The van der Waals surface area contributed by atoms with E-state index < -0.39 is 0 Å². The average Bonchev–Trinajstić information content (AvgIpc) is 2.59. The summed E-state index contributed by atoms with van der Waals surface area (Å²) in [6.45, 7) is 12.0. The highest BCUT2D eigenvalue weighted by molar-refractivity contribution is 4.89. The van der Waals surface area contributed by atoms with Gasteiger partial charge in [0.15, 0.2) is 0 Å². The Morgan fingerprint density at radius 2 is 1.71 bits per heavy atom. The van der Waals surface area contributed by atoms with Gasteiger partial charge in [-0.25, -0.2) is 0 Å². The van der Waals surface area contributed by atoms with Crippen molar-refractivity contribution in [3.8, 4) is 0 Å². The van der Waals surface area contributed by atoms with Crippen LogP contribution in [-0.4, -0.2) is 36.1 Å². The van der Waals surface area contributed by atoms with E-state index in [4.69, 9.17) is 0 Å². The van der Waals surface area contributed by atoms with E-state index in [0.29, 0.717) is 5.41 Å². The molecule has 2 nitrogen and oxygen atoms in total. The second kappa shape index (κ2) is 5.27. The van der Waals surface area contributed by atoms with Crippen LogP contribution in [0.25, 0.3) is 0 Å². The highest BCUT2D eigenvalue weighted by Gasteiger charge is 2.32. The quantitative estimate of drug-likeness (QED) is 0.813. The lowest BCUT2D eigenvalue weighted by molar-refractivity contribution is 0.155. The van der Waals surface area contributed by atoms with E-state index in [1.54, 1.807) is 0 Å². The molecule has 17 heavy (non-hydrogen) atoms. The standard InChI is InChI=1S/C15H30N2/c1-12(2)17-9-6-13(7-10-17)16-14-5-8-15(3,4)11-14/h12-14,16H,5-11H2,1-4H3. The number of nitrogens with one attached hydrogen (secondary N) is 1. The summed E-state index contributed by atoms with van der Waals surface area (Å²) in [4.78, 5) is 2.61. The van der Waals surface area contributed by atoms with Crippen LogP contribution in [0.4, 0.5) is 0 Å². The molecule has 1 atom stereocenters. The molecule has 100 valence electrons. The first kappa shape index (κ1) is 13.4. The van der Waals surface area contributed by atoms with Crippen LogP contribution in [0.15, 0.2) is 0 Å². The second-order valence-electron chi connectivity index (χ2n) is 7.17. The molecule has 0 aromatic carbocycles. The zero-order chi connectivity index (χ0) is 12.5. The molecule has 0 spiro atoms. The molecule has 0 aromatic rings. The molecule has 1 aliphatic heterocycles. The van der Waals surface area contributed by atoms with E-state index in [-0.39, 0.29) is 0 Å². The summed E-state index contributed by atoms with van der Waals surface area (Å²) in [7, 11) is 0. The van der Waals surface area contributed by atoms with Crippen LogP contribution in [0.2, 0.25) is 0 Å². The van der Waals surface area contributed by atoms with E-state index in [2.05, 4.69) is 37.9 Å². The molecule has 2 rings (SSSR count).